The summed E-state index contributed by atoms with van der Waals surface area (Å²) in [5, 5.41) is 3.26. The lowest BCUT2D eigenvalue weighted by Crippen LogP contribution is -2.38. The van der Waals surface area contributed by atoms with Crippen molar-refractivity contribution in [2.75, 3.05) is 13.1 Å². The third-order valence-electron chi connectivity index (χ3n) is 2.66. The van der Waals surface area contributed by atoms with Crippen LogP contribution in [-0.4, -0.2) is 19.0 Å². The molecule has 12 heavy (non-hydrogen) atoms. The quantitative estimate of drug-likeness (QED) is 0.595. The Kier molecular flexibility index (Phi) is 3.09. The number of carbonyl (C=O) groups excluding carboxylic acids is 1. The summed E-state index contributed by atoms with van der Waals surface area (Å²) in [5.41, 5.74) is 5.51. The van der Waals surface area contributed by atoms with Crippen LogP contribution in [0.15, 0.2) is 0 Å². The molecule has 0 aliphatic heterocycles. The molecular weight excluding hydrogens is 152 g/mol. The molecule has 1 saturated carbocycles. The van der Waals surface area contributed by atoms with E-state index in [1.807, 2.05) is 0 Å². The summed E-state index contributed by atoms with van der Waals surface area (Å²) in [6.07, 6.45) is 4.44. The van der Waals surface area contributed by atoms with Gasteiger partial charge in [-0.05, 0) is 18.3 Å². The lowest BCUT2D eigenvalue weighted by Gasteiger charge is -2.38. The van der Waals surface area contributed by atoms with E-state index >= 15 is 0 Å². The van der Waals surface area contributed by atoms with Crippen LogP contribution in [0.5, 0.6) is 0 Å². The van der Waals surface area contributed by atoms with Crippen LogP contribution in [0.4, 0.5) is 0 Å². The average molecular weight is 170 g/mol. The first kappa shape index (κ1) is 9.52. The number of primary amides is 1. The van der Waals surface area contributed by atoms with E-state index < -0.39 is 0 Å². The first-order valence-corrected chi connectivity index (χ1v) is 4.61. The van der Waals surface area contributed by atoms with Crippen LogP contribution >= 0.6 is 0 Å². The Labute approximate surface area is 73.7 Å². The molecule has 0 atom stereocenters. The van der Waals surface area contributed by atoms with Crippen molar-refractivity contribution < 1.29 is 4.79 Å². The molecule has 0 spiro atoms. The van der Waals surface area contributed by atoms with Crippen molar-refractivity contribution in [2.24, 2.45) is 11.1 Å². The zero-order valence-electron chi connectivity index (χ0n) is 7.73. The first-order valence-electron chi connectivity index (χ1n) is 4.61. The van der Waals surface area contributed by atoms with E-state index in [9.17, 15) is 4.79 Å². The molecule has 1 aliphatic rings. The van der Waals surface area contributed by atoms with Crippen molar-refractivity contribution in [1.82, 2.24) is 5.32 Å². The standard InChI is InChI=1S/C9H18N2O/c1-9(4-2-5-9)7-11-6-3-8(10)12/h11H,2-7H2,1H3,(H2,10,12). The number of nitrogens with two attached hydrogens (primary N) is 1. The van der Waals surface area contributed by atoms with Crippen LogP contribution in [0.25, 0.3) is 0 Å². The van der Waals surface area contributed by atoms with Gasteiger partial charge in [-0.2, -0.15) is 0 Å². The van der Waals surface area contributed by atoms with Gasteiger partial charge in [0.15, 0.2) is 0 Å². The van der Waals surface area contributed by atoms with Crippen molar-refractivity contribution in [3.8, 4) is 0 Å². The summed E-state index contributed by atoms with van der Waals surface area (Å²) in [5.74, 6) is -0.221. The van der Waals surface area contributed by atoms with Crippen molar-refractivity contribution in [2.45, 2.75) is 32.6 Å². The van der Waals surface area contributed by atoms with Gasteiger partial charge in [0.25, 0.3) is 0 Å². The molecule has 0 saturated heterocycles. The minimum atomic E-state index is -0.221. The Hall–Kier alpha value is -0.570. The summed E-state index contributed by atoms with van der Waals surface area (Å²) in [4.78, 5) is 10.4. The number of rotatable bonds is 5. The molecule has 1 aliphatic carbocycles. The fourth-order valence-corrected chi connectivity index (χ4v) is 1.56. The fraction of sp³-hybridized carbons (Fsp3) is 0.889. The SMILES string of the molecule is CC1(CNCCC(N)=O)CCC1. The van der Waals surface area contributed by atoms with Crippen LogP contribution in [-0.2, 0) is 4.79 Å². The maximum absolute atomic E-state index is 10.4. The minimum Gasteiger partial charge on any atom is -0.370 e. The van der Waals surface area contributed by atoms with Gasteiger partial charge in [-0.1, -0.05) is 13.3 Å². The van der Waals surface area contributed by atoms with E-state index in [1.165, 1.54) is 19.3 Å². The molecule has 0 radical (unpaired) electrons. The zero-order valence-corrected chi connectivity index (χ0v) is 7.73. The highest BCUT2D eigenvalue weighted by atomic mass is 16.1. The monoisotopic (exact) mass is 170 g/mol. The molecule has 3 N–H and O–H groups in total. The van der Waals surface area contributed by atoms with E-state index in [-0.39, 0.29) is 5.91 Å². The number of hydrogen-bond acceptors (Lipinski definition) is 2. The van der Waals surface area contributed by atoms with Crippen LogP contribution in [0.1, 0.15) is 32.6 Å². The highest BCUT2D eigenvalue weighted by molar-refractivity contribution is 5.73. The van der Waals surface area contributed by atoms with Gasteiger partial charge in [0.05, 0.1) is 0 Å². The largest absolute Gasteiger partial charge is 0.370 e. The van der Waals surface area contributed by atoms with Crippen molar-refractivity contribution in [3.63, 3.8) is 0 Å². The predicted molar refractivity (Wildman–Crippen MR) is 48.6 cm³/mol. The van der Waals surface area contributed by atoms with E-state index in [1.54, 1.807) is 0 Å². The lowest BCUT2D eigenvalue weighted by molar-refractivity contribution is -0.117. The van der Waals surface area contributed by atoms with Crippen LogP contribution < -0.4 is 11.1 Å². The molecule has 70 valence electrons. The molecule has 1 fully saturated rings. The number of amides is 1. The third-order valence-corrected chi connectivity index (χ3v) is 2.66. The van der Waals surface area contributed by atoms with Gasteiger partial charge in [-0.15, -0.1) is 0 Å². The van der Waals surface area contributed by atoms with E-state index in [4.69, 9.17) is 5.73 Å². The topological polar surface area (TPSA) is 55.1 Å². The lowest BCUT2D eigenvalue weighted by atomic mass is 9.70. The van der Waals surface area contributed by atoms with Gasteiger partial charge in [-0.3, -0.25) is 4.79 Å². The molecular formula is C9H18N2O. The minimum absolute atomic E-state index is 0.221. The Balaban J connectivity index is 1.98. The number of carbonyl (C=O) groups is 1. The van der Waals surface area contributed by atoms with Gasteiger partial charge in [0.1, 0.15) is 0 Å². The summed E-state index contributed by atoms with van der Waals surface area (Å²) >= 11 is 0. The predicted octanol–water partition coefficient (Wildman–Crippen LogP) is 0.642. The van der Waals surface area contributed by atoms with Crippen molar-refractivity contribution >= 4 is 5.91 Å². The van der Waals surface area contributed by atoms with E-state index in [0.29, 0.717) is 11.8 Å². The first-order chi connectivity index (χ1) is 5.62. The Morgan fingerprint density at radius 3 is 2.67 bits per heavy atom. The van der Waals surface area contributed by atoms with Crippen molar-refractivity contribution in [3.05, 3.63) is 0 Å². The second-order valence-electron chi connectivity index (χ2n) is 4.06. The molecule has 3 heteroatoms. The third kappa shape index (κ3) is 2.81. The number of nitrogens with one attached hydrogen (secondary N) is 1. The van der Waals surface area contributed by atoms with Gasteiger partial charge >= 0.3 is 0 Å². The molecule has 0 aromatic rings. The molecule has 3 nitrogen and oxygen atoms in total. The zero-order chi connectivity index (χ0) is 9.03. The van der Waals surface area contributed by atoms with Crippen molar-refractivity contribution in [1.29, 1.82) is 0 Å². The summed E-state index contributed by atoms with van der Waals surface area (Å²) in [6.45, 7) is 4.04. The second kappa shape index (κ2) is 3.90. The summed E-state index contributed by atoms with van der Waals surface area (Å²) in [7, 11) is 0. The van der Waals surface area contributed by atoms with Crippen LogP contribution in [0.3, 0.4) is 0 Å². The summed E-state index contributed by atoms with van der Waals surface area (Å²) in [6, 6.07) is 0. The maximum atomic E-state index is 10.4. The maximum Gasteiger partial charge on any atom is 0.218 e. The molecule has 1 amide bonds. The van der Waals surface area contributed by atoms with E-state index in [2.05, 4.69) is 12.2 Å². The molecule has 0 aromatic carbocycles. The highest BCUT2D eigenvalue weighted by Gasteiger charge is 2.30. The Morgan fingerprint density at radius 1 is 1.58 bits per heavy atom. The molecule has 0 unspecified atom stereocenters. The van der Waals surface area contributed by atoms with Crippen LogP contribution in [0, 0.1) is 5.41 Å². The molecule has 0 aromatic heterocycles. The second-order valence-corrected chi connectivity index (χ2v) is 4.06. The fourth-order valence-electron chi connectivity index (χ4n) is 1.56. The van der Waals surface area contributed by atoms with Gasteiger partial charge < -0.3 is 11.1 Å². The van der Waals surface area contributed by atoms with E-state index in [0.717, 1.165) is 13.1 Å². The molecule has 1 rings (SSSR count). The molecule has 0 heterocycles. The number of hydrogen-bond donors (Lipinski definition) is 2. The van der Waals surface area contributed by atoms with Gasteiger partial charge in [0, 0.05) is 19.5 Å². The van der Waals surface area contributed by atoms with Gasteiger partial charge in [0.2, 0.25) is 5.91 Å². The average Bonchev–Trinajstić information content (AvgIpc) is 1.94. The highest BCUT2D eigenvalue weighted by Crippen LogP contribution is 2.39. The van der Waals surface area contributed by atoms with Gasteiger partial charge in [-0.25, -0.2) is 0 Å². The smallest absolute Gasteiger partial charge is 0.218 e. The Bertz CT molecular complexity index is 164. The normalized spacial score (nSPS) is 20.1. The Morgan fingerprint density at radius 2 is 2.25 bits per heavy atom. The van der Waals surface area contributed by atoms with Crippen LogP contribution in [0.2, 0.25) is 0 Å². The summed E-state index contributed by atoms with van der Waals surface area (Å²) < 4.78 is 0. The molecule has 0 bridgehead atoms.